The Bertz CT molecular complexity index is 738. The first-order chi connectivity index (χ1) is 12.0. The van der Waals surface area contributed by atoms with Gasteiger partial charge in [0.05, 0.1) is 18.1 Å². The van der Waals surface area contributed by atoms with Crippen LogP contribution in [0.15, 0.2) is 29.3 Å². The zero-order valence-corrected chi connectivity index (χ0v) is 18.6. The Hall–Kier alpha value is -1.03. The third kappa shape index (κ3) is 5.25. The number of benzene rings is 1. The van der Waals surface area contributed by atoms with Crippen molar-refractivity contribution in [2.75, 3.05) is 36.0 Å². The van der Waals surface area contributed by atoms with Crippen molar-refractivity contribution in [2.45, 2.75) is 38.8 Å². The molecule has 0 bridgehead atoms. The van der Waals surface area contributed by atoms with Crippen LogP contribution in [0.5, 0.6) is 0 Å². The van der Waals surface area contributed by atoms with Gasteiger partial charge in [0.2, 0.25) is 0 Å². The summed E-state index contributed by atoms with van der Waals surface area (Å²) in [5.74, 6) is 1.19. The van der Waals surface area contributed by atoms with Crippen LogP contribution in [0.2, 0.25) is 0 Å². The van der Waals surface area contributed by atoms with Crippen LogP contribution in [0, 0.1) is 0 Å². The molecular formula is C18H29IN4O2S. The number of anilines is 1. The molecule has 26 heavy (non-hydrogen) atoms. The zero-order valence-electron chi connectivity index (χ0n) is 15.4. The van der Waals surface area contributed by atoms with Crippen LogP contribution in [-0.4, -0.2) is 57.6 Å². The van der Waals surface area contributed by atoms with E-state index in [2.05, 4.69) is 51.7 Å². The molecule has 0 spiro atoms. The Morgan fingerprint density at radius 1 is 1.35 bits per heavy atom. The summed E-state index contributed by atoms with van der Waals surface area (Å²) >= 11 is 0. The second-order valence-electron chi connectivity index (χ2n) is 6.88. The first-order valence-electron chi connectivity index (χ1n) is 9.08. The number of nitrogens with zero attached hydrogens (tertiary/aromatic N) is 2. The second kappa shape index (κ2) is 9.25. The second-order valence-corrected chi connectivity index (χ2v) is 9.11. The van der Waals surface area contributed by atoms with Gasteiger partial charge < -0.3 is 15.5 Å². The maximum absolute atomic E-state index is 11.6. The molecule has 2 aliphatic heterocycles. The minimum Gasteiger partial charge on any atom is -0.366 e. The van der Waals surface area contributed by atoms with Crippen LogP contribution >= 0.6 is 24.0 Å². The highest BCUT2D eigenvalue weighted by molar-refractivity contribution is 14.0. The molecule has 1 aromatic rings. The summed E-state index contributed by atoms with van der Waals surface area (Å²) < 4.78 is 23.2. The summed E-state index contributed by atoms with van der Waals surface area (Å²) in [5, 5.41) is 6.49. The average Bonchev–Trinajstić information content (AvgIpc) is 3.06. The molecule has 0 aromatic heterocycles. The van der Waals surface area contributed by atoms with Crippen molar-refractivity contribution in [1.82, 2.24) is 10.6 Å². The SMILES string of the molecule is CCNC(=NCCN1c2ccccc2CC1C)NC1CCS(=O)(=O)C1.I. The monoisotopic (exact) mass is 492 g/mol. The van der Waals surface area contributed by atoms with E-state index in [1.54, 1.807) is 0 Å². The molecule has 2 N–H and O–H groups in total. The normalized spacial score (nSPS) is 24.1. The summed E-state index contributed by atoms with van der Waals surface area (Å²) in [7, 11) is -2.88. The third-order valence-electron chi connectivity index (χ3n) is 4.88. The van der Waals surface area contributed by atoms with Crippen molar-refractivity contribution in [3.05, 3.63) is 29.8 Å². The van der Waals surface area contributed by atoms with Crippen molar-refractivity contribution in [2.24, 2.45) is 4.99 Å². The van der Waals surface area contributed by atoms with Gasteiger partial charge in [-0.05, 0) is 38.3 Å². The maximum Gasteiger partial charge on any atom is 0.191 e. The lowest BCUT2D eigenvalue weighted by atomic mass is 10.1. The molecule has 1 aromatic carbocycles. The Labute approximate surface area is 173 Å². The molecule has 0 radical (unpaired) electrons. The summed E-state index contributed by atoms with van der Waals surface area (Å²) in [6.45, 7) is 6.55. The standard InChI is InChI=1S/C18H28N4O2S.HI/c1-3-19-18(21-16-8-11-25(23,24)13-16)20-9-10-22-14(2)12-15-6-4-5-7-17(15)22;/h4-7,14,16H,3,8-13H2,1-2H3,(H2,19,20,21);1H. The predicted octanol–water partition coefficient (Wildman–Crippen LogP) is 1.80. The molecule has 0 saturated carbocycles. The fourth-order valence-electron chi connectivity index (χ4n) is 3.66. The van der Waals surface area contributed by atoms with Gasteiger partial charge >= 0.3 is 0 Å². The fourth-order valence-corrected chi connectivity index (χ4v) is 5.34. The van der Waals surface area contributed by atoms with Gasteiger partial charge in [-0.15, -0.1) is 24.0 Å². The predicted molar refractivity (Wildman–Crippen MR) is 119 cm³/mol. The summed E-state index contributed by atoms with van der Waals surface area (Å²) in [4.78, 5) is 7.06. The lowest BCUT2D eigenvalue weighted by Crippen LogP contribution is -2.44. The van der Waals surface area contributed by atoms with Crippen LogP contribution in [-0.2, 0) is 16.3 Å². The van der Waals surface area contributed by atoms with Gasteiger partial charge in [0.15, 0.2) is 15.8 Å². The van der Waals surface area contributed by atoms with E-state index in [1.807, 2.05) is 6.92 Å². The topological polar surface area (TPSA) is 73.8 Å². The van der Waals surface area contributed by atoms with E-state index in [0.717, 1.165) is 19.5 Å². The maximum atomic E-state index is 11.6. The number of sulfone groups is 1. The van der Waals surface area contributed by atoms with Gasteiger partial charge in [0.1, 0.15) is 0 Å². The minimum atomic E-state index is -2.88. The molecule has 2 unspecified atom stereocenters. The molecule has 2 heterocycles. The number of halogens is 1. The number of nitrogens with one attached hydrogen (secondary N) is 2. The minimum absolute atomic E-state index is 0. The van der Waals surface area contributed by atoms with E-state index in [1.165, 1.54) is 11.3 Å². The van der Waals surface area contributed by atoms with Gasteiger partial charge in [0.25, 0.3) is 0 Å². The molecule has 6 nitrogen and oxygen atoms in total. The fraction of sp³-hybridized carbons (Fsp3) is 0.611. The number of hydrogen-bond donors (Lipinski definition) is 2. The van der Waals surface area contributed by atoms with E-state index in [9.17, 15) is 8.42 Å². The van der Waals surface area contributed by atoms with Gasteiger partial charge in [-0.3, -0.25) is 4.99 Å². The van der Waals surface area contributed by atoms with Crippen molar-refractivity contribution < 1.29 is 8.42 Å². The number of rotatable bonds is 5. The van der Waals surface area contributed by atoms with E-state index in [0.29, 0.717) is 25.0 Å². The smallest absolute Gasteiger partial charge is 0.191 e. The molecule has 0 amide bonds. The highest BCUT2D eigenvalue weighted by Gasteiger charge is 2.28. The molecule has 1 saturated heterocycles. The van der Waals surface area contributed by atoms with Gasteiger partial charge in [-0.25, -0.2) is 8.42 Å². The van der Waals surface area contributed by atoms with E-state index >= 15 is 0 Å². The van der Waals surface area contributed by atoms with E-state index < -0.39 is 9.84 Å². The van der Waals surface area contributed by atoms with E-state index in [4.69, 9.17) is 0 Å². The Morgan fingerprint density at radius 3 is 2.81 bits per heavy atom. The van der Waals surface area contributed by atoms with Crippen LogP contribution in [0.4, 0.5) is 5.69 Å². The Balaban J connectivity index is 0.00000243. The molecule has 2 atom stereocenters. The Kier molecular flexibility index (Phi) is 7.57. The summed E-state index contributed by atoms with van der Waals surface area (Å²) in [6, 6.07) is 9.00. The zero-order chi connectivity index (χ0) is 17.9. The molecule has 3 rings (SSSR count). The number of hydrogen-bond acceptors (Lipinski definition) is 4. The van der Waals surface area contributed by atoms with Crippen LogP contribution < -0.4 is 15.5 Å². The molecular weight excluding hydrogens is 463 g/mol. The molecule has 2 aliphatic rings. The van der Waals surface area contributed by atoms with Crippen LogP contribution in [0.3, 0.4) is 0 Å². The van der Waals surface area contributed by atoms with Gasteiger partial charge in [0, 0.05) is 30.9 Å². The Morgan fingerprint density at radius 2 is 2.12 bits per heavy atom. The number of aliphatic imine (C=N–C) groups is 1. The average molecular weight is 492 g/mol. The van der Waals surface area contributed by atoms with Crippen LogP contribution in [0.1, 0.15) is 25.8 Å². The molecule has 146 valence electrons. The first kappa shape index (κ1) is 21.3. The first-order valence-corrected chi connectivity index (χ1v) is 10.9. The van der Waals surface area contributed by atoms with Gasteiger partial charge in [-0.2, -0.15) is 0 Å². The van der Waals surface area contributed by atoms with Crippen LogP contribution in [0.25, 0.3) is 0 Å². The largest absolute Gasteiger partial charge is 0.366 e. The molecule has 8 heteroatoms. The molecule has 1 fully saturated rings. The number of para-hydroxylation sites is 1. The van der Waals surface area contributed by atoms with E-state index in [-0.39, 0.29) is 41.5 Å². The summed E-state index contributed by atoms with van der Waals surface area (Å²) in [5.41, 5.74) is 2.71. The highest BCUT2D eigenvalue weighted by atomic mass is 127. The van der Waals surface area contributed by atoms with Gasteiger partial charge in [-0.1, -0.05) is 18.2 Å². The number of fused-ring (bicyclic) bond motifs is 1. The summed E-state index contributed by atoms with van der Waals surface area (Å²) in [6.07, 6.45) is 1.74. The number of guanidine groups is 1. The van der Waals surface area contributed by atoms with Crippen molar-refractivity contribution in [3.8, 4) is 0 Å². The lowest BCUT2D eigenvalue weighted by molar-refractivity contribution is 0.599. The van der Waals surface area contributed by atoms with Crippen molar-refractivity contribution in [3.63, 3.8) is 0 Å². The van der Waals surface area contributed by atoms with Crippen molar-refractivity contribution in [1.29, 1.82) is 0 Å². The van der Waals surface area contributed by atoms with Crippen molar-refractivity contribution >= 4 is 45.5 Å². The third-order valence-corrected chi connectivity index (χ3v) is 6.64. The lowest BCUT2D eigenvalue weighted by Gasteiger charge is -2.24. The quantitative estimate of drug-likeness (QED) is 0.373. The highest BCUT2D eigenvalue weighted by Crippen LogP contribution is 2.31. The molecule has 0 aliphatic carbocycles.